The van der Waals surface area contributed by atoms with Crippen LogP contribution in [-0.2, 0) is 6.18 Å². The highest BCUT2D eigenvalue weighted by molar-refractivity contribution is 5.95. The Kier molecular flexibility index (Phi) is 6.27. The van der Waals surface area contributed by atoms with Gasteiger partial charge in [0, 0.05) is 57.9 Å². The Labute approximate surface area is 193 Å². The molecule has 3 heterocycles. The van der Waals surface area contributed by atoms with Crippen LogP contribution in [0, 0.1) is 0 Å². The van der Waals surface area contributed by atoms with Gasteiger partial charge in [0.25, 0.3) is 5.91 Å². The Hall–Kier alpha value is -3.89. The summed E-state index contributed by atoms with van der Waals surface area (Å²) in [4.78, 5) is 38.0. The molecular formula is C23H22F3N5O3. The molecule has 0 N–H and O–H groups in total. The molecule has 11 heteroatoms. The molecule has 3 amide bonds. The number of carbonyl (C=O) groups excluding carboxylic acids is 2. The second-order valence-corrected chi connectivity index (χ2v) is 7.99. The molecule has 2 aromatic heterocycles. The Bertz CT molecular complexity index is 1210. The van der Waals surface area contributed by atoms with Gasteiger partial charge in [0.2, 0.25) is 5.88 Å². The van der Waals surface area contributed by atoms with Crippen LogP contribution in [0.2, 0.25) is 0 Å². The summed E-state index contributed by atoms with van der Waals surface area (Å²) in [6, 6.07) is 10.3. The van der Waals surface area contributed by atoms with Crippen molar-refractivity contribution in [3.63, 3.8) is 0 Å². The van der Waals surface area contributed by atoms with E-state index in [0.29, 0.717) is 49.0 Å². The average Bonchev–Trinajstić information content (AvgIpc) is 2.82. The Morgan fingerprint density at radius 1 is 0.971 bits per heavy atom. The Balaban J connectivity index is 1.43. The van der Waals surface area contributed by atoms with E-state index in [1.54, 1.807) is 54.2 Å². The number of nitrogens with zero attached hydrogens (tertiary/aromatic N) is 5. The number of rotatable bonds is 3. The van der Waals surface area contributed by atoms with Crippen LogP contribution in [0.3, 0.4) is 0 Å². The van der Waals surface area contributed by atoms with E-state index < -0.39 is 11.7 Å². The highest BCUT2D eigenvalue weighted by Crippen LogP contribution is 2.30. The van der Waals surface area contributed by atoms with E-state index in [-0.39, 0.29) is 23.5 Å². The summed E-state index contributed by atoms with van der Waals surface area (Å²) < 4.78 is 43.6. The van der Waals surface area contributed by atoms with Gasteiger partial charge in [-0.1, -0.05) is 6.07 Å². The number of pyridine rings is 2. The molecule has 1 saturated heterocycles. The number of ether oxygens (including phenoxy) is 1. The maximum atomic E-state index is 12.9. The summed E-state index contributed by atoms with van der Waals surface area (Å²) in [5, 5.41) is 0.697. The van der Waals surface area contributed by atoms with Crippen molar-refractivity contribution in [2.45, 2.75) is 6.18 Å². The smallest absolute Gasteiger partial charge is 0.417 e. The van der Waals surface area contributed by atoms with E-state index in [4.69, 9.17) is 4.74 Å². The van der Waals surface area contributed by atoms with Gasteiger partial charge in [0.05, 0.1) is 11.1 Å². The highest BCUT2D eigenvalue weighted by Gasteiger charge is 2.31. The zero-order chi connectivity index (χ0) is 24.5. The lowest BCUT2D eigenvalue weighted by Gasteiger charge is -2.35. The zero-order valence-corrected chi connectivity index (χ0v) is 18.5. The van der Waals surface area contributed by atoms with Gasteiger partial charge in [-0.05, 0) is 30.3 Å². The molecule has 1 aromatic carbocycles. The minimum atomic E-state index is -4.47. The Morgan fingerprint density at radius 3 is 2.29 bits per heavy atom. The van der Waals surface area contributed by atoms with Gasteiger partial charge >= 0.3 is 12.2 Å². The fourth-order valence-corrected chi connectivity index (χ4v) is 3.56. The molecule has 0 unspecified atom stereocenters. The molecule has 0 bridgehead atoms. The molecule has 0 atom stereocenters. The van der Waals surface area contributed by atoms with Gasteiger partial charge in [-0.15, -0.1) is 0 Å². The molecular weight excluding hydrogens is 451 g/mol. The number of fused-ring (bicyclic) bond motifs is 1. The highest BCUT2D eigenvalue weighted by atomic mass is 19.4. The molecule has 0 saturated carbocycles. The van der Waals surface area contributed by atoms with E-state index in [1.807, 2.05) is 0 Å². The van der Waals surface area contributed by atoms with Crippen LogP contribution < -0.4 is 4.74 Å². The monoisotopic (exact) mass is 473 g/mol. The number of halogens is 3. The van der Waals surface area contributed by atoms with Crippen LogP contribution in [0.25, 0.3) is 10.9 Å². The molecule has 0 radical (unpaired) electrons. The van der Waals surface area contributed by atoms with Crippen molar-refractivity contribution in [2.75, 3.05) is 40.3 Å². The van der Waals surface area contributed by atoms with Crippen molar-refractivity contribution in [1.29, 1.82) is 0 Å². The van der Waals surface area contributed by atoms with Crippen LogP contribution in [0.1, 0.15) is 16.1 Å². The maximum Gasteiger partial charge on any atom is 0.417 e. The number of hydrogen-bond donors (Lipinski definition) is 0. The first-order valence-corrected chi connectivity index (χ1v) is 10.5. The maximum absolute atomic E-state index is 12.9. The van der Waals surface area contributed by atoms with Crippen molar-refractivity contribution in [3.05, 3.63) is 59.9 Å². The zero-order valence-electron chi connectivity index (χ0n) is 18.5. The molecule has 4 rings (SSSR count). The van der Waals surface area contributed by atoms with Crippen molar-refractivity contribution < 1.29 is 27.5 Å². The van der Waals surface area contributed by atoms with Crippen LogP contribution in [0.15, 0.2) is 48.7 Å². The number of urea groups is 1. The van der Waals surface area contributed by atoms with Crippen LogP contribution in [0.4, 0.5) is 18.0 Å². The third-order valence-electron chi connectivity index (χ3n) is 5.39. The molecule has 8 nitrogen and oxygen atoms in total. The van der Waals surface area contributed by atoms with Gasteiger partial charge < -0.3 is 19.4 Å². The van der Waals surface area contributed by atoms with Gasteiger partial charge in [-0.3, -0.25) is 4.79 Å². The molecule has 3 aromatic rings. The molecule has 34 heavy (non-hydrogen) atoms. The standard InChI is InChI=1S/C23H22F3N5O3/c1-29(2)22(33)31-11-9-30(10-12-31)21(32)19-6-3-15-13-17(5-7-18(15)28-19)34-20-8-4-16(14-27-20)23(24,25)26/h3-8,13-14H,9-12H2,1-2H3. The summed E-state index contributed by atoms with van der Waals surface area (Å²) in [6.07, 6.45) is -3.75. The lowest BCUT2D eigenvalue weighted by molar-refractivity contribution is -0.137. The second kappa shape index (κ2) is 9.16. The Morgan fingerprint density at radius 2 is 1.68 bits per heavy atom. The first kappa shape index (κ1) is 23.3. The summed E-state index contributed by atoms with van der Waals surface area (Å²) in [5.74, 6) is 0.189. The predicted octanol–water partition coefficient (Wildman–Crippen LogP) is 3.88. The number of aromatic nitrogens is 2. The van der Waals surface area contributed by atoms with Gasteiger partial charge in [-0.25, -0.2) is 14.8 Å². The molecule has 1 aliphatic rings. The number of amides is 3. The summed E-state index contributed by atoms with van der Waals surface area (Å²) >= 11 is 0. The van der Waals surface area contributed by atoms with E-state index in [9.17, 15) is 22.8 Å². The third-order valence-corrected chi connectivity index (χ3v) is 5.39. The van der Waals surface area contributed by atoms with Crippen LogP contribution in [0.5, 0.6) is 11.6 Å². The second-order valence-electron chi connectivity index (χ2n) is 7.99. The average molecular weight is 473 g/mol. The van der Waals surface area contributed by atoms with Crippen molar-refractivity contribution >= 4 is 22.8 Å². The van der Waals surface area contributed by atoms with Gasteiger partial charge in [0.1, 0.15) is 11.4 Å². The molecule has 1 fully saturated rings. The van der Waals surface area contributed by atoms with Gasteiger partial charge in [0.15, 0.2) is 0 Å². The number of alkyl halides is 3. The fourth-order valence-electron chi connectivity index (χ4n) is 3.56. The van der Waals surface area contributed by atoms with Crippen molar-refractivity contribution in [2.24, 2.45) is 0 Å². The van der Waals surface area contributed by atoms with E-state index >= 15 is 0 Å². The van der Waals surface area contributed by atoms with E-state index in [0.717, 1.165) is 12.1 Å². The minimum absolute atomic E-state index is 0.0268. The van der Waals surface area contributed by atoms with Gasteiger partial charge in [-0.2, -0.15) is 13.2 Å². The summed E-state index contributed by atoms with van der Waals surface area (Å²) in [7, 11) is 3.38. The third kappa shape index (κ3) is 5.03. The molecule has 0 spiro atoms. The lowest BCUT2D eigenvalue weighted by atomic mass is 10.1. The number of piperazine rings is 1. The number of carbonyl (C=O) groups is 2. The fraction of sp³-hybridized carbons (Fsp3) is 0.304. The van der Waals surface area contributed by atoms with E-state index in [2.05, 4.69) is 9.97 Å². The van der Waals surface area contributed by atoms with Crippen molar-refractivity contribution in [3.8, 4) is 11.6 Å². The topological polar surface area (TPSA) is 78.9 Å². The first-order valence-electron chi connectivity index (χ1n) is 10.5. The molecule has 178 valence electrons. The number of benzene rings is 1. The quantitative estimate of drug-likeness (QED) is 0.577. The number of hydrogen-bond acceptors (Lipinski definition) is 5. The van der Waals surface area contributed by atoms with Crippen LogP contribution >= 0.6 is 0 Å². The lowest BCUT2D eigenvalue weighted by Crippen LogP contribution is -2.53. The predicted molar refractivity (Wildman–Crippen MR) is 118 cm³/mol. The molecule has 0 aliphatic carbocycles. The normalized spacial score (nSPS) is 14.3. The van der Waals surface area contributed by atoms with E-state index in [1.165, 1.54) is 4.90 Å². The minimum Gasteiger partial charge on any atom is -0.439 e. The summed E-state index contributed by atoms with van der Waals surface area (Å²) in [6.45, 7) is 1.75. The largest absolute Gasteiger partial charge is 0.439 e. The first-order chi connectivity index (χ1) is 16.1. The van der Waals surface area contributed by atoms with Crippen LogP contribution in [-0.4, -0.2) is 76.9 Å². The van der Waals surface area contributed by atoms with Crippen molar-refractivity contribution in [1.82, 2.24) is 24.7 Å². The molecule has 1 aliphatic heterocycles. The summed E-state index contributed by atoms with van der Waals surface area (Å²) in [5.41, 5.74) is 0.00318. The SMILES string of the molecule is CN(C)C(=O)N1CCN(C(=O)c2ccc3cc(Oc4ccc(C(F)(F)F)cn4)ccc3n2)CC1.